The van der Waals surface area contributed by atoms with Crippen molar-refractivity contribution in [2.75, 3.05) is 0 Å². The number of hydrogen-bond donors (Lipinski definition) is 0. The first-order valence-corrected chi connectivity index (χ1v) is 17.9. The number of fused-ring (bicyclic) bond motifs is 6. The van der Waals surface area contributed by atoms with Crippen LogP contribution in [0.3, 0.4) is 0 Å². The summed E-state index contributed by atoms with van der Waals surface area (Å²) >= 11 is 0. The van der Waals surface area contributed by atoms with Crippen LogP contribution in [0.15, 0.2) is 152 Å². The van der Waals surface area contributed by atoms with Crippen LogP contribution in [0.2, 0.25) is 0 Å². The second-order valence-corrected chi connectivity index (χ2v) is 13.6. The van der Waals surface area contributed by atoms with Crippen LogP contribution in [0, 0.1) is 0 Å². The van der Waals surface area contributed by atoms with E-state index in [0.29, 0.717) is 11.9 Å². The molecule has 0 aliphatic heterocycles. The zero-order chi connectivity index (χ0) is 33.0. The molecule has 0 atom stereocenters. The summed E-state index contributed by atoms with van der Waals surface area (Å²) in [7, 11) is 0. The summed E-state index contributed by atoms with van der Waals surface area (Å²) in [5, 5.41) is 4.89. The van der Waals surface area contributed by atoms with Crippen molar-refractivity contribution in [3.63, 3.8) is 0 Å². The predicted molar refractivity (Wildman–Crippen MR) is 207 cm³/mol. The second-order valence-electron chi connectivity index (χ2n) is 13.6. The molecule has 50 heavy (non-hydrogen) atoms. The molecule has 0 spiro atoms. The highest BCUT2D eigenvalue weighted by molar-refractivity contribution is 6.10. The van der Waals surface area contributed by atoms with Crippen LogP contribution >= 0.6 is 0 Å². The van der Waals surface area contributed by atoms with E-state index < -0.39 is 0 Å². The monoisotopic (exact) mass is 644 g/mol. The molecule has 1 aliphatic rings. The Bertz CT molecular complexity index is 2600. The van der Waals surface area contributed by atoms with Crippen molar-refractivity contribution in [3.05, 3.63) is 157 Å². The van der Waals surface area contributed by atoms with Gasteiger partial charge in [-0.05, 0) is 60.7 Å². The molecule has 0 amide bonds. The van der Waals surface area contributed by atoms with Gasteiger partial charge in [-0.1, -0.05) is 135 Å². The third-order valence-corrected chi connectivity index (χ3v) is 10.8. The fourth-order valence-corrected chi connectivity index (χ4v) is 8.52. The van der Waals surface area contributed by atoms with Gasteiger partial charge in [-0.2, -0.15) is 0 Å². The molecule has 6 aromatic carbocycles. The van der Waals surface area contributed by atoms with Crippen molar-refractivity contribution in [2.45, 2.75) is 38.0 Å². The molecule has 0 unspecified atom stereocenters. The number of aromatic nitrogens is 4. The van der Waals surface area contributed by atoms with Gasteiger partial charge < -0.3 is 4.57 Å². The topological polar surface area (TPSA) is 35.6 Å². The van der Waals surface area contributed by atoms with E-state index in [0.717, 1.165) is 33.7 Å². The van der Waals surface area contributed by atoms with Crippen molar-refractivity contribution in [2.24, 2.45) is 0 Å². The van der Waals surface area contributed by atoms with Crippen molar-refractivity contribution < 1.29 is 0 Å². The highest BCUT2D eigenvalue weighted by Gasteiger charge is 2.23. The zero-order valence-corrected chi connectivity index (χ0v) is 27.8. The lowest BCUT2D eigenvalue weighted by Gasteiger charge is -2.24. The Morgan fingerprint density at radius 2 is 0.860 bits per heavy atom. The van der Waals surface area contributed by atoms with E-state index in [1.807, 2.05) is 0 Å². The quantitative estimate of drug-likeness (QED) is 0.187. The van der Waals surface area contributed by atoms with Crippen LogP contribution < -0.4 is 0 Å². The van der Waals surface area contributed by atoms with Gasteiger partial charge in [0, 0.05) is 32.7 Å². The Morgan fingerprint density at radius 3 is 1.44 bits per heavy atom. The maximum atomic E-state index is 5.48. The highest BCUT2D eigenvalue weighted by atomic mass is 15.2. The summed E-state index contributed by atoms with van der Waals surface area (Å²) in [6.07, 6.45) is 6.35. The lowest BCUT2D eigenvalue weighted by molar-refractivity contribution is 0.444. The molecule has 9 aromatic rings. The smallest absolute Gasteiger partial charge is 0.235 e. The number of benzene rings is 6. The van der Waals surface area contributed by atoms with Crippen molar-refractivity contribution in [1.82, 2.24) is 19.1 Å². The molecule has 4 nitrogen and oxygen atoms in total. The number of para-hydroxylation sites is 5. The summed E-state index contributed by atoms with van der Waals surface area (Å²) in [6, 6.07) is 54.5. The van der Waals surface area contributed by atoms with Crippen LogP contribution in [0.4, 0.5) is 0 Å². The Morgan fingerprint density at radius 1 is 0.420 bits per heavy atom. The molecule has 1 fully saturated rings. The fourth-order valence-electron chi connectivity index (χ4n) is 8.52. The van der Waals surface area contributed by atoms with E-state index in [4.69, 9.17) is 9.97 Å². The Balaban J connectivity index is 1.27. The summed E-state index contributed by atoms with van der Waals surface area (Å²) < 4.78 is 4.65. The first-order chi connectivity index (χ1) is 24.8. The Labute approximate surface area is 291 Å². The Hall–Kier alpha value is -6.00. The normalized spacial score (nSPS) is 13.9. The molecule has 240 valence electrons. The molecular formula is C46H36N4. The molecule has 3 heterocycles. The molecule has 0 radical (unpaired) electrons. The second kappa shape index (κ2) is 11.9. The standard InChI is InChI=1S/C46H36N4/c1-2-16-31(17-3-1)32-18-4-5-19-33(32)39-30-40(48-46(47-39)50-43-27-13-8-22-36(43)37-23-9-14-28-44(37)50)38-24-10-15-29-45(38)49-41-25-11-6-20-34(41)35-21-7-12-26-42(35)49/h4-15,18-31H,1-3,16-17H2. The lowest BCUT2D eigenvalue weighted by atomic mass is 9.81. The van der Waals surface area contributed by atoms with Gasteiger partial charge in [0.05, 0.1) is 39.1 Å². The first-order valence-electron chi connectivity index (χ1n) is 17.9. The highest BCUT2D eigenvalue weighted by Crippen LogP contribution is 2.41. The number of nitrogens with zero attached hydrogens (tertiary/aromatic N) is 4. The van der Waals surface area contributed by atoms with Crippen molar-refractivity contribution in [3.8, 4) is 34.2 Å². The van der Waals surface area contributed by atoms with Gasteiger partial charge in [0.15, 0.2) is 0 Å². The van der Waals surface area contributed by atoms with E-state index in [-0.39, 0.29) is 0 Å². The Kier molecular flexibility index (Phi) is 6.87. The summed E-state index contributed by atoms with van der Waals surface area (Å²) in [5.74, 6) is 1.23. The van der Waals surface area contributed by atoms with Crippen LogP contribution in [-0.4, -0.2) is 19.1 Å². The minimum absolute atomic E-state index is 0.542. The van der Waals surface area contributed by atoms with Gasteiger partial charge in [-0.25, -0.2) is 9.97 Å². The van der Waals surface area contributed by atoms with Crippen LogP contribution in [-0.2, 0) is 0 Å². The minimum Gasteiger partial charge on any atom is -0.309 e. The van der Waals surface area contributed by atoms with Crippen LogP contribution in [0.25, 0.3) is 77.8 Å². The van der Waals surface area contributed by atoms with Crippen molar-refractivity contribution in [1.29, 1.82) is 0 Å². The average Bonchev–Trinajstić information content (AvgIpc) is 3.71. The van der Waals surface area contributed by atoms with E-state index in [1.165, 1.54) is 75.8 Å². The van der Waals surface area contributed by atoms with Crippen LogP contribution in [0.1, 0.15) is 43.6 Å². The van der Waals surface area contributed by atoms with E-state index >= 15 is 0 Å². The molecule has 0 saturated heterocycles. The van der Waals surface area contributed by atoms with Crippen LogP contribution in [0.5, 0.6) is 0 Å². The van der Waals surface area contributed by atoms with Gasteiger partial charge in [-0.15, -0.1) is 0 Å². The number of rotatable bonds is 5. The molecular weight excluding hydrogens is 609 g/mol. The first kappa shape index (κ1) is 29.0. The number of hydrogen-bond acceptors (Lipinski definition) is 2. The molecule has 10 rings (SSSR count). The third kappa shape index (κ3) is 4.59. The van der Waals surface area contributed by atoms with E-state index in [9.17, 15) is 0 Å². The average molecular weight is 645 g/mol. The molecule has 1 saturated carbocycles. The lowest BCUT2D eigenvalue weighted by Crippen LogP contribution is -2.08. The molecule has 0 N–H and O–H groups in total. The van der Waals surface area contributed by atoms with E-state index in [2.05, 4.69) is 161 Å². The van der Waals surface area contributed by atoms with Gasteiger partial charge in [-0.3, -0.25) is 4.57 Å². The maximum absolute atomic E-state index is 5.48. The van der Waals surface area contributed by atoms with Gasteiger partial charge >= 0.3 is 0 Å². The van der Waals surface area contributed by atoms with Gasteiger partial charge in [0.25, 0.3) is 0 Å². The summed E-state index contributed by atoms with van der Waals surface area (Å²) in [6.45, 7) is 0. The van der Waals surface area contributed by atoms with Crippen molar-refractivity contribution >= 4 is 43.6 Å². The fraction of sp³-hybridized carbons (Fsp3) is 0.130. The molecule has 4 heteroatoms. The van der Waals surface area contributed by atoms with Gasteiger partial charge in [0.1, 0.15) is 0 Å². The van der Waals surface area contributed by atoms with E-state index in [1.54, 1.807) is 0 Å². The molecule has 3 aromatic heterocycles. The summed E-state index contributed by atoms with van der Waals surface area (Å²) in [4.78, 5) is 10.9. The largest absolute Gasteiger partial charge is 0.309 e. The third-order valence-electron chi connectivity index (χ3n) is 10.8. The predicted octanol–water partition coefficient (Wildman–Crippen LogP) is 12.1. The minimum atomic E-state index is 0.542. The zero-order valence-electron chi connectivity index (χ0n) is 27.8. The summed E-state index contributed by atoms with van der Waals surface area (Å²) in [5.41, 5.74) is 11.2. The SMILES string of the molecule is c1ccc(C2CCCCC2)c(-c2cc(-c3ccccc3-n3c4ccccc4c4ccccc43)nc(-n3c4ccccc4c4ccccc43)n2)c1. The molecule has 1 aliphatic carbocycles. The van der Waals surface area contributed by atoms with Gasteiger partial charge in [0.2, 0.25) is 5.95 Å². The maximum Gasteiger partial charge on any atom is 0.235 e. The molecule has 0 bridgehead atoms.